The molecule has 20 heavy (non-hydrogen) atoms. The van der Waals surface area contributed by atoms with Gasteiger partial charge in [-0.2, -0.15) is 0 Å². The first-order valence-electron chi connectivity index (χ1n) is 7.13. The molecule has 0 aliphatic rings. The third kappa shape index (κ3) is 3.61. The van der Waals surface area contributed by atoms with Crippen molar-refractivity contribution in [2.45, 2.75) is 25.9 Å². The molecular formula is C18H23NO. The third-order valence-corrected chi connectivity index (χ3v) is 3.63. The van der Waals surface area contributed by atoms with Crippen molar-refractivity contribution in [3.8, 4) is 0 Å². The number of rotatable bonds is 5. The SMILES string of the molecule is CCc1ccc(CC(O)c2cccc(N(C)C)c2)cc1. The molecule has 1 unspecified atom stereocenters. The summed E-state index contributed by atoms with van der Waals surface area (Å²) < 4.78 is 0. The number of benzene rings is 2. The van der Waals surface area contributed by atoms with Gasteiger partial charge in [0, 0.05) is 26.2 Å². The van der Waals surface area contributed by atoms with Crippen LogP contribution in [0.15, 0.2) is 48.5 Å². The summed E-state index contributed by atoms with van der Waals surface area (Å²) in [6.07, 6.45) is 1.25. The highest BCUT2D eigenvalue weighted by Crippen LogP contribution is 2.22. The molecule has 0 saturated heterocycles. The van der Waals surface area contributed by atoms with E-state index in [1.54, 1.807) is 0 Å². The van der Waals surface area contributed by atoms with Gasteiger partial charge in [-0.25, -0.2) is 0 Å². The average molecular weight is 269 g/mol. The number of nitrogens with zero attached hydrogens (tertiary/aromatic N) is 1. The Morgan fingerprint density at radius 2 is 1.65 bits per heavy atom. The molecular weight excluding hydrogens is 246 g/mol. The number of aryl methyl sites for hydroxylation is 1. The molecule has 0 aliphatic heterocycles. The van der Waals surface area contributed by atoms with Gasteiger partial charge in [0.25, 0.3) is 0 Å². The minimum absolute atomic E-state index is 0.456. The molecule has 1 N–H and O–H groups in total. The summed E-state index contributed by atoms with van der Waals surface area (Å²) in [5.74, 6) is 0. The van der Waals surface area contributed by atoms with Crippen LogP contribution in [0.1, 0.15) is 29.7 Å². The average Bonchev–Trinajstić information content (AvgIpc) is 2.48. The van der Waals surface area contributed by atoms with Crippen molar-refractivity contribution in [1.29, 1.82) is 0 Å². The molecule has 0 amide bonds. The van der Waals surface area contributed by atoms with Crippen LogP contribution in [0, 0.1) is 0 Å². The number of hydrogen-bond donors (Lipinski definition) is 1. The standard InChI is InChI=1S/C18H23NO/c1-4-14-8-10-15(11-9-14)12-18(20)16-6-5-7-17(13-16)19(2)3/h5-11,13,18,20H,4,12H2,1-3H3. The van der Waals surface area contributed by atoms with Crippen LogP contribution in [-0.2, 0) is 12.8 Å². The first-order valence-corrected chi connectivity index (χ1v) is 7.13. The normalized spacial score (nSPS) is 12.2. The molecule has 1 atom stereocenters. The van der Waals surface area contributed by atoms with E-state index in [1.165, 1.54) is 11.1 Å². The van der Waals surface area contributed by atoms with Crippen LogP contribution in [-0.4, -0.2) is 19.2 Å². The first-order chi connectivity index (χ1) is 9.60. The van der Waals surface area contributed by atoms with E-state index >= 15 is 0 Å². The smallest absolute Gasteiger partial charge is 0.0831 e. The van der Waals surface area contributed by atoms with Crippen molar-refractivity contribution < 1.29 is 5.11 Å². The van der Waals surface area contributed by atoms with Crippen molar-refractivity contribution in [1.82, 2.24) is 0 Å². The summed E-state index contributed by atoms with van der Waals surface area (Å²) in [6, 6.07) is 16.6. The fraction of sp³-hybridized carbons (Fsp3) is 0.333. The van der Waals surface area contributed by atoms with E-state index in [4.69, 9.17) is 0 Å². The van der Waals surface area contributed by atoms with Crippen molar-refractivity contribution in [3.63, 3.8) is 0 Å². The lowest BCUT2D eigenvalue weighted by Gasteiger charge is -2.16. The van der Waals surface area contributed by atoms with Crippen molar-refractivity contribution in [3.05, 3.63) is 65.2 Å². The predicted octanol–water partition coefficient (Wildman–Crippen LogP) is 3.59. The van der Waals surface area contributed by atoms with Gasteiger partial charge in [-0.3, -0.25) is 0 Å². The van der Waals surface area contributed by atoms with Gasteiger partial charge in [-0.15, -0.1) is 0 Å². The monoisotopic (exact) mass is 269 g/mol. The number of aliphatic hydroxyl groups is 1. The van der Waals surface area contributed by atoms with Gasteiger partial charge in [0.15, 0.2) is 0 Å². The summed E-state index contributed by atoms with van der Waals surface area (Å²) in [5.41, 5.74) is 4.58. The maximum atomic E-state index is 10.4. The molecule has 0 aliphatic carbocycles. The van der Waals surface area contributed by atoms with Gasteiger partial charge >= 0.3 is 0 Å². The molecule has 0 aromatic heterocycles. The maximum Gasteiger partial charge on any atom is 0.0831 e. The van der Waals surface area contributed by atoms with E-state index < -0.39 is 6.10 Å². The van der Waals surface area contributed by atoms with E-state index in [0.717, 1.165) is 17.7 Å². The lowest BCUT2D eigenvalue weighted by Crippen LogP contribution is -2.10. The molecule has 2 heteroatoms. The van der Waals surface area contributed by atoms with E-state index in [0.29, 0.717) is 6.42 Å². The molecule has 2 nitrogen and oxygen atoms in total. The van der Waals surface area contributed by atoms with E-state index in [-0.39, 0.29) is 0 Å². The quantitative estimate of drug-likeness (QED) is 0.896. The lowest BCUT2D eigenvalue weighted by molar-refractivity contribution is 0.178. The minimum atomic E-state index is -0.456. The van der Waals surface area contributed by atoms with Gasteiger partial charge < -0.3 is 10.0 Å². The number of hydrogen-bond acceptors (Lipinski definition) is 2. The number of aliphatic hydroxyl groups excluding tert-OH is 1. The van der Waals surface area contributed by atoms with Crippen LogP contribution in [0.25, 0.3) is 0 Å². The largest absolute Gasteiger partial charge is 0.388 e. The van der Waals surface area contributed by atoms with Crippen LogP contribution in [0.5, 0.6) is 0 Å². The molecule has 0 spiro atoms. The zero-order chi connectivity index (χ0) is 14.5. The molecule has 2 aromatic rings. The molecule has 0 fully saturated rings. The van der Waals surface area contributed by atoms with Gasteiger partial charge in [0.2, 0.25) is 0 Å². The minimum Gasteiger partial charge on any atom is -0.388 e. The molecule has 0 saturated carbocycles. The highest BCUT2D eigenvalue weighted by Gasteiger charge is 2.09. The Balaban J connectivity index is 2.10. The van der Waals surface area contributed by atoms with Crippen LogP contribution < -0.4 is 4.90 Å². The third-order valence-electron chi connectivity index (χ3n) is 3.63. The van der Waals surface area contributed by atoms with Gasteiger partial charge in [-0.05, 0) is 35.2 Å². The Kier molecular flexibility index (Phi) is 4.80. The van der Waals surface area contributed by atoms with Crippen LogP contribution in [0.3, 0.4) is 0 Å². The second-order valence-electron chi connectivity index (χ2n) is 5.38. The Bertz CT molecular complexity index is 546. The fourth-order valence-corrected chi connectivity index (χ4v) is 2.26. The van der Waals surface area contributed by atoms with Crippen LogP contribution >= 0.6 is 0 Å². The van der Waals surface area contributed by atoms with Crippen molar-refractivity contribution >= 4 is 5.69 Å². The Hall–Kier alpha value is -1.80. The number of anilines is 1. The van der Waals surface area contributed by atoms with Gasteiger partial charge in [0.1, 0.15) is 0 Å². The molecule has 0 radical (unpaired) electrons. The predicted molar refractivity (Wildman–Crippen MR) is 85.3 cm³/mol. The van der Waals surface area contributed by atoms with Gasteiger partial charge in [-0.1, -0.05) is 43.3 Å². The van der Waals surface area contributed by atoms with Crippen LogP contribution in [0.2, 0.25) is 0 Å². The highest BCUT2D eigenvalue weighted by molar-refractivity contribution is 5.47. The Morgan fingerprint density at radius 3 is 2.25 bits per heavy atom. The maximum absolute atomic E-state index is 10.4. The topological polar surface area (TPSA) is 23.5 Å². The molecule has 2 aromatic carbocycles. The van der Waals surface area contributed by atoms with Crippen molar-refractivity contribution in [2.75, 3.05) is 19.0 Å². The molecule has 2 rings (SSSR count). The summed E-state index contributed by atoms with van der Waals surface area (Å²) in [7, 11) is 4.02. The summed E-state index contributed by atoms with van der Waals surface area (Å²) in [5, 5.41) is 10.4. The van der Waals surface area contributed by atoms with Gasteiger partial charge in [0.05, 0.1) is 6.10 Å². The zero-order valence-corrected chi connectivity index (χ0v) is 12.5. The zero-order valence-electron chi connectivity index (χ0n) is 12.5. The molecule has 0 bridgehead atoms. The molecule has 106 valence electrons. The summed E-state index contributed by atoms with van der Waals surface area (Å²) in [6.45, 7) is 2.15. The summed E-state index contributed by atoms with van der Waals surface area (Å²) >= 11 is 0. The Morgan fingerprint density at radius 1 is 1.00 bits per heavy atom. The highest BCUT2D eigenvalue weighted by atomic mass is 16.3. The first kappa shape index (κ1) is 14.6. The van der Waals surface area contributed by atoms with E-state index in [2.05, 4.69) is 31.2 Å². The summed E-state index contributed by atoms with van der Waals surface area (Å²) in [4.78, 5) is 2.05. The second kappa shape index (κ2) is 6.58. The van der Waals surface area contributed by atoms with Crippen molar-refractivity contribution in [2.24, 2.45) is 0 Å². The van der Waals surface area contributed by atoms with E-state index in [9.17, 15) is 5.11 Å². The second-order valence-corrected chi connectivity index (χ2v) is 5.38. The van der Waals surface area contributed by atoms with Crippen LogP contribution in [0.4, 0.5) is 5.69 Å². The Labute approximate surface area is 121 Å². The lowest BCUT2D eigenvalue weighted by atomic mass is 9.99. The van der Waals surface area contributed by atoms with E-state index in [1.807, 2.05) is 43.3 Å². The molecule has 0 heterocycles. The fourth-order valence-electron chi connectivity index (χ4n) is 2.26.